The molecule has 0 aromatic heterocycles. The Hall–Kier alpha value is -3.08. The van der Waals surface area contributed by atoms with Crippen LogP contribution in [-0.4, -0.2) is 19.0 Å². The molecule has 0 aliphatic rings. The zero-order chi connectivity index (χ0) is 17.1. The van der Waals surface area contributed by atoms with Crippen molar-refractivity contribution < 1.29 is 4.92 Å². The van der Waals surface area contributed by atoms with Crippen molar-refractivity contribution in [1.29, 1.82) is 0 Å². The molecular weight excluding hydrogens is 302 g/mol. The molecule has 122 valence electrons. The van der Waals surface area contributed by atoms with Crippen molar-refractivity contribution in [2.24, 2.45) is 0 Å². The van der Waals surface area contributed by atoms with Crippen LogP contribution in [0.2, 0.25) is 0 Å². The predicted octanol–water partition coefficient (Wildman–Crippen LogP) is 4.43. The molecule has 3 aromatic carbocycles. The van der Waals surface area contributed by atoms with Crippen LogP contribution < -0.4 is 10.2 Å². The molecule has 0 amide bonds. The highest BCUT2D eigenvalue weighted by atomic mass is 16.6. The second-order valence-corrected chi connectivity index (χ2v) is 5.89. The third-order valence-electron chi connectivity index (χ3n) is 3.96. The fraction of sp³-hybridized carbons (Fsp3) is 0.158. The number of benzene rings is 3. The largest absolute Gasteiger partial charge is 0.381 e. The van der Waals surface area contributed by atoms with Crippen LogP contribution >= 0.6 is 0 Å². The summed E-state index contributed by atoms with van der Waals surface area (Å²) in [4.78, 5) is 12.7. The summed E-state index contributed by atoms with van der Waals surface area (Å²) in [5.41, 5.74) is 2.60. The van der Waals surface area contributed by atoms with Gasteiger partial charge in [-0.05, 0) is 34.5 Å². The first kappa shape index (κ1) is 15.8. The number of nitro groups is 1. The monoisotopic (exact) mass is 321 g/mol. The van der Waals surface area contributed by atoms with Gasteiger partial charge in [-0.3, -0.25) is 10.1 Å². The summed E-state index contributed by atoms with van der Waals surface area (Å²) >= 11 is 0. The summed E-state index contributed by atoms with van der Waals surface area (Å²) in [6.07, 6.45) is 0. The van der Waals surface area contributed by atoms with Crippen molar-refractivity contribution in [3.05, 3.63) is 76.3 Å². The van der Waals surface area contributed by atoms with E-state index in [0.717, 1.165) is 16.6 Å². The molecule has 3 rings (SSSR count). The van der Waals surface area contributed by atoms with Crippen LogP contribution in [0.4, 0.5) is 17.1 Å². The van der Waals surface area contributed by atoms with Crippen molar-refractivity contribution in [1.82, 2.24) is 0 Å². The molecule has 3 aromatic rings. The Bertz CT molecular complexity index is 891. The number of nitro benzene ring substituents is 1. The van der Waals surface area contributed by atoms with Gasteiger partial charge in [0, 0.05) is 32.4 Å². The Morgan fingerprint density at radius 2 is 1.75 bits per heavy atom. The molecule has 0 saturated carbocycles. The maximum absolute atomic E-state index is 11.3. The summed E-state index contributed by atoms with van der Waals surface area (Å²) in [5.74, 6) is 0. The highest BCUT2D eigenvalue weighted by Crippen LogP contribution is 2.28. The molecule has 0 aliphatic carbocycles. The number of anilines is 2. The highest BCUT2D eigenvalue weighted by molar-refractivity contribution is 5.85. The van der Waals surface area contributed by atoms with Crippen LogP contribution in [0.1, 0.15) is 5.56 Å². The lowest BCUT2D eigenvalue weighted by Gasteiger charge is -2.14. The fourth-order valence-electron chi connectivity index (χ4n) is 2.71. The number of nitrogens with one attached hydrogen (secondary N) is 1. The molecule has 24 heavy (non-hydrogen) atoms. The molecule has 1 N–H and O–H groups in total. The van der Waals surface area contributed by atoms with Gasteiger partial charge in [-0.15, -0.1) is 0 Å². The quantitative estimate of drug-likeness (QED) is 0.558. The van der Waals surface area contributed by atoms with E-state index in [1.807, 2.05) is 24.3 Å². The molecule has 0 radical (unpaired) electrons. The van der Waals surface area contributed by atoms with Gasteiger partial charge in [0.15, 0.2) is 0 Å². The summed E-state index contributed by atoms with van der Waals surface area (Å²) in [5, 5.41) is 16.9. The lowest BCUT2D eigenvalue weighted by molar-refractivity contribution is -0.384. The van der Waals surface area contributed by atoms with Gasteiger partial charge in [0.1, 0.15) is 5.69 Å². The minimum atomic E-state index is -0.338. The van der Waals surface area contributed by atoms with E-state index in [4.69, 9.17) is 0 Å². The van der Waals surface area contributed by atoms with Gasteiger partial charge in [0.2, 0.25) is 0 Å². The molecule has 0 unspecified atom stereocenters. The Morgan fingerprint density at radius 1 is 1.00 bits per heavy atom. The molecule has 0 aliphatic heterocycles. The first-order valence-corrected chi connectivity index (χ1v) is 7.72. The normalized spacial score (nSPS) is 10.6. The molecule has 0 fully saturated rings. The maximum Gasteiger partial charge on any atom is 0.292 e. The SMILES string of the molecule is CN(C)c1ccc(CNc2ccc3ccccc3c2)cc1[N+](=O)[O-]. The van der Waals surface area contributed by atoms with E-state index in [2.05, 4.69) is 29.6 Å². The van der Waals surface area contributed by atoms with Crippen molar-refractivity contribution in [2.75, 3.05) is 24.3 Å². The van der Waals surface area contributed by atoms with E-state index in [-0.39, 0.29) is 10.6 Å². The van der Waals surface area contributed by atoms with E-state index < -0.39 is 0 Å². The lowest BCUT2D eigenvalue weighted by Crippen LogP contribution is -2.11. The number of nitrogens with zero attached hydrogens (tertiary/aromatic N) is 2. The summed E-state index contributed by atoms with van der Waals surface area (Å²) in [7, 11) is 3.60. The number of hydrogen-bond donors (Lipinski definition) is 1. The Kier molecular flexibility index (Phi) is 4.33. The number of fused-ring (bicyclic) bond motifs is 1. The number of rotatable bonds is 5. The van der Waals surface area contributed by atoms with Gasteiger partial charge in [-0.1, -0.05) is 36.4 Å². The lowest BCUT2D eigenvalue weighted by atomic mass is 10.1. The second kappa shape index (κ2) is 6.58. The molecule has 0 saturated heterocycles. The van der Waals surface area contributed by atoms with E-state index >= 15 is 0 Å². The Morgan fingerprint density at radius 3 is 2.46 bits per heavy atom. The van der Waals surface area contributed by atoms with Gasteiger partial charge in [0.25, 0.3) is 5.69 Å². The molecule has 5 nitrogen and oxygen atoms in total. The minimum absolute atomic E-state index is 0.123. The van der Waals surface area contributed by atoms with Crippen molar-refractivity contribution >= 4 is 27.8 Å². The Labute approximate surface area is 140 Å². The van der Waals surface area contributed by atoms with Gasteiger partial charge < -0.3 is 10.2 Å². The summed E-state index contributed by atoms with van der Waals surface area (Å²) in [6, 6.07) is 19.7. The summed E-state index contributed by atoms with van der Waals surface area (Å²) < 4.78 is 0. The van der Waals surface area contributed by atoms with Crippen LogP contribution in [-0.2, 0) is 6.54 Å². The fourth-order valence-corrected chi connectivity index (χ4v) is 2.71. The van der Waals surface area contributed by atoms with E-state index in [9.17, 15) is 10.1 Å². The van der Waals surface area contributed by atoms with Crippen LogP contribution in [0, 0.1) is 10.1 Å². The van der Waals surface area contributed by atoms with E-state index in [1.54, 1.807) is 31.1 Å². The van der Waals surface area contributed by atoms with Crippen molar-refractivity contribution in [2.45, 2.75) is 6.54 Å². The molecule has 5 heteroatoms. The van der Waals surface area contributed by atoms with Crippen molar-refractivity contribution in [3.63, 3.8) is 0 Å². The van der Waals surface area contributed by atoms with E-state index in [1.165, 1.54) is 5.39 Å². The predicted molar refractivity (Wildman–Crippen MR) is 98.7 cm³/mol. The molecule has 0 heterocycles. The third-order valence-corrected chi connectivity index (χ3v) is 3.96. The smallest absolute Gasteiger partial charge is 0.292 e. The second-order valence-electron chi connectivity index (χ2n) is 5.89. The zero-order valence-electron chi connectivity index (χ0n) is 13.7. The van der Waals surface area contributed by atoms with Crippen molar-refractivity contribution in [3.8, 4) is 0 Å². The average Bonchev–Trinajstić information content (AvgIpc) is 2.59. The van der Waals surface area contributed by atoms with Crippen LogP contribution in [0.3, 0.4) is 0 Å². The minimum Gasteiger partial charge on any atom is -0.381 e. The topological polar surface area (TPSA) is 58.4 Å². The van der Waals surface area contributed by atoms with Crippen LogP contribution in [0.5, 0.6) is 0 Å². The number of hydrogen-bond acceptors (Lipinski definition) is 4. The van der Waals surface area contributed by atoms with Gasteiger partial charge >= 0.3 is 0 Å². The molecular formula is C19H19N3O2. The molecule has 0 spiro atoms. The first-order valence-electron chi connectivity index (χ1n) is 7.72. The van der Waals surface area contributed by atoms with Crippen LogP contribution in [0.25, 0.3) is 10.8 Å². The first-order chi connectivity index (χ1) is 11.5. The maximum atomic E-state index is 11.3. The van der Waals surface area contributed by atoms with Crippen LogP contribution in [0.15, 0.2) is 60.7 Å². The van der Waals surface area contributed by atoms with Gasteiger partial charge in [-0.2, -0.15) is 0 Å². The standard InChI is InChI=1S/C19H19N3O2/c1-21(2)18-10-7-14(11-19(18)22(23)24)13-20-17-9-8-15-5-3-4-6-16(15)12-17/h3-12,20H,13H2,1-2H3. The molecule has 0 bridgehead atoms. The zero-order valence-corrected chi connectivity index (χ0v) is 13.7. The third kappa shape index (κ3) is 3.30. The summed E-state index contributed by atoms with van der Waals surface area (Å²) in [6.45, 7) is 0.535. The van der Waals surface area contributed by atoms with E-state index in [0.29, 0.717) is 12.2 Å². The Balaban J connectivity index is 1.80. The van der Waals surface area contributed by atoms with Gasteiger partial charge in [-0.25, -0.2) is 0 Å². The average molecular weight is 321 g/mol. The highest BCUT2D eigenvalue weighted by Gasteiger charge is 2.15. The van der Waals surface area contributed by atoms with Gasteiger partial charge in [0.05, 0.1) is 4.92 Å². The molecule has 0 atom stereocenters.